The zero-order valence-electron chi connectivity index (χ0n) is 11.8. The van der Waals surface area contributed by atoms with Crippen molar-refractivity contribution >= 4 is 22.4 Å². The van der Waals surface area contributed by atoms with Crippen molar-refractivity contribution in [3.05, 3.63) is 35.2 Å². The maximum Gasteiger partial charge on any atom is 0.315 e. The Hall–Kier alpha value is -1.82. The van der Waals surface area contributed by atoms with E-state index in [2.05, 4.69) is 9.88 Å². The average molecular weight is 294 g/mol. The van der Waals surface area contributed by atoms with Crippen LogP contribution < -0.4 is 4.90 Å². The molecule has 0 aromatic carbocycles. The molecule has 0 amide bonds. The van der Waals surface area contributed by atoms with E-state index in [4.69, 9.17) is 4.42 Å². The Labute approximate surface area is 121 Å². The highest BCUT2D eigenvalue weighted by Crippen LogP contribution is 2.30. The molecule has 0 saturated heterocycles. The molecule has 0 spiro atoms. The summed E-state index contributed by atoms with van der Waals surface area (Å²) in [6.07, 6.45) is 1.64. The first-order valence-corrected chi connectivity index (χ1v) is 7.29. The van der Waals surface area contributed by atoms with Crippen molar-refractivity contribution < 1.29 is 14.3 Å². The van der Waals surface area contributed by atoms with E-state index < -0.39 is 11.4 Å². The van der Waals surface area contributed by atoms with Crippen LogP contribution in [-0.4, -0.2) is 22.6 Å². The molecule has 0 unspecified atom stereocenters. The van der Waals surface area contributed by atoms with Crippen molar-refractivity contribution in [2.24, 2.45) is 0 Å². The van der Waals surface area contributed by atoms with Crippen LogP contribution in [0.1, 0.15) is 32.2 Å². The van der Waals surface area contributed by atoms with Gasteiger partial charge < -0.3 is 14.4 Å². The summed E-state index contributed by atoms with van der Waals surface area (Å²) in [6, 6.07) is 3.77. The summed E-state index contributed by atoms with van der Waals surface area (Å²) in [5, 5.41) is 11.9. The second-order valence-electron chi connectivity index (χ2n) is 5.04. The van der Waals surface area contributed by atoms with Crippen molar-refractivity contribution in [1.29, 1.82) is 0 Å². The Balaban J connectivity index is 2.20. The van der Waals surface area contributed by atoms with Gasteiger partial charge in [0, 0.05) is 11.9 Å². The van der Waals surface area contributed by atoms with E-state index in [1.54, 1.807) is 20.1 Å². The van der Waals surface area contributed by atoms with Crippen LogP contribution in [0, 0.1) is 0 Å². The molecule has 0 bridgehead atoms. The minimum Gasteiger partial charge on any atom is -0.481 e. The van der Waals surface area contributed by atoms with Crippen LogP contribution in [-0.2, 0) is 16.8 Å². The number of nitrogens with zero attached hydrogens (tertiary/aromatic N) is 2. The minimum absolute atomic E-state index is 0.586. The smallest absolute Gasteiger partial charge is 0.315 e. The van der Waals surface area contributed by atoms with Crippen molar-refractivity contribution in [3.63, 3.8) is 0 Å². The number of aliphatic carboxylic acids is 1. The van der Waals surface area contributed by atoms with E-state index >= 15 is 0 Å². The van der Waals surface area contributed by atoms with Crippen molar-refractivity contribution in [3.8, 4) is 0 Å². The zero-order valence-corrected chi connectivity index (χ0v) is 12.6. The van der Waals surface area contributed by atoms with Gasteiger partial charge >= 0.3 is 5.97 Å². The molecular formula is C14H18N2O3S. The fourth-order valence-electron chi connectivity index (χ4n) is 1.71. The Kier molecular flexibility index (Phi) is 4.13. The molecule has 108 valence electrons. The Morgan fingerprint density at radius 3 is 2.85 bits per heavy atom. The van der Waals surface area contributed by atoms with Gasteiger partial charge in [0.1, 0.15) is 11.2 Å². The standard InChI is InChI=1S/C14H18N2O3S/c1-4-16(8-10-6-5-7-19-10)13-15-11(9-20-13)14(2,3)12(17)18/h5-7,9H,4,8H2,1-3H3,(H,17,18). The highest BCUT2D eigenvalue weighted by Gasteiger charge is 2.32. The number of thiazole rings is 1. The lowest BCUT2D eigenvalue weighted by atomic mass is 9.90. The second kappa shape index (κ2) is 5.66. The minimum atomic E-state index is -0.973. The summed E-state index contributed by atoms with van der Waals surface area (Å²) in [6.45, 7) is 6.77. The summed E-state index contributed by atoms with van der Waals surface area (Å²) in [4.78, 5) is 17.8. The molecule has 0 aliphatic carbocycles. The van der Waals surface area contributed by atoms with Gasteiger partial charge in [-0.05, 0) is 32.9 Å². The molecule has 2 aromatic heterocycles. The molecular weight excluding hydrogens is 276 g/mol. The number of anilines is 1. The molecule has 5 nitrogen and oxygen atoms in total. The van der Waals surface area contributed by atoms with Gasteiger partial charge in [-0.2, -0.15) is 0 Å². The molecule has 6 heteroatoms. The fourth-order valence-corrected chi connectivity index (χ4v) is 2.77. The predicted octanol–water partition coefficient (Wildman–Crippen LogP) is 3.12. The van der Waals surface area contributed by atoms with Crippen LogP contribution in [0.4, 0.5) is 5.13 Å². The van der Waals surface area contributed by atoms with Crippen LogP contribution in [0.25, 0.3) is 0 Å². The molecule has 0 fully saturated rings. The molecule has 20 heavy (non-hydrogen) atoms. The molecule has 0 atom stereocenters. The summed E-state index contributed by atoms with van der Waals surface area (Å²) in [5.41, 5.74) is -0.387. The van der Waals surface area contributed by atoms with Gasteiger partial charge in [-0.25, -0.2) is 4.98 Å². The third-order valence-electron chi connectivity index (χ3n) is 3.25. The first-order chi connectivity index (χ1) is 9.45. The number of rotatable bonds is 6. The Bertz CT molecular complexity index is 575. The van der Waals surface area contributed by atoms with Gasteiger partial charge in [-0.15, -0.1) is 11.3 Å². The van der Waals surface area contributed by atoms with Crippen LogP contribution >= 0.6 is 11.3 Å². The summed E-state index contributed by atoms with van der Waals surface area (Å²) in [7, 11) is 0. The molecule has 0 radical (unpaired) electrons. The third kappa shape index (κ3) is 2.85. The van der Waals surface area contributed by atoms with E-state index in [9.17, 15) is 9.90 Å². The maximum absolute atomic E-state index is 11.3. The van der Waals surface area contributed by atoms with Gasteiger partial charge in [-0.1, -0.05) is 0 Å². The molecule has 0 saturated carbocycles. The second-order valence-corrected chi connectivity index (χ2v) is 5.88. The maximum atomic E-state index is 11.3. The van der Waals surface area contributed by atoms with E-state index in [-0.39, 0.29) is 0 Å². The van der Waals surface area contributed by atoms with Gasteiger partial charge in [-0.3, -0.25) is 4.79 Å². The number of carboxylic acid groups (broad SMARTS) is 1. The van der Waals surface area contributed by atoms with Crippen molar-refractivity contribution in [2.45, 2.75) is 32.7 Å². The van der Waals surface area contributed by atoms with E-state index in [0.29, 0.717) is 12.2 Å². The highest BCUT2D eigenvalue weighted by atomic mass is 32.1. The Morgan fingerprint density at radius 1 is 1.55 bits per heavy atom. The third-order valence-corrected chi connectivity index (χ3v) is 4.15. The molecule has 0 aliphatic heterocycles. The van der Waals surface area contributed by atoms with Crippen LogP contribution in [0.2, 0.25) is 0 Å². The number of furan rings is 1. The number of carbonyl (C=O) groups is 1. The molecule has 2 rings (SSSR count). The molecule has 0 aliphatic rings. The van der Waals surface area contributed by atoms with Crippen LogP contribution in [0.5, 0.6) is 0 Å². The van der Waals surface area contributed by atoms with Crippen molar-refractivity contribution in [2.75, 3.05) is 11.4 Å². The quantitative estimate of drug-likeness (QED) is 0.886. The van der Waals surface area contributed by atoms with E-state index in [1.807, 2.05) is 24.4 Å². The number of hydrogen-bond acceptors (Lipinski definition) is 5. The predicted molar refractivity (Wildman–Crippen MR) is 78.2 cm³/mol. The number of hydrogen-bond donors (Lipinski definition) is 1. The number of carboxylic acids is 1. The first-order valence-electron chi connectivity index (χ1n) is 6.42. The SMILES string of the molecule is CCN(Cc1ccco1)c1nc(C(C)(C)C(=O)O)cs1. The lowest BCUT2D eigenvalue weighted by molar-refractivity contribution is -0.142. The molecule has 2 aromatic rings. The Morgan fingerprint density at radius 2 is 2.30 bits per heavy atom. The topological polar surface area (TPSA) is 66.6 Å². The average Bonchev–Trinajstić information content (AvgIpc) is 3.07. The lowest BCUT2D eigenvalue weighted by Crippen LogP contribution is -2.29. The first kappa shape index (κ1) is 14.6. The molecule has 1 N–H and O–H groups in total. The van der Waals surface area contributed by atoms with Gasteiger partial charge in [0.05, 0.1) is 18.5 Å². The number of aromatic nitrogens is 1. The summed E-state index contributed by atoms with van der Waals surface area (Å²) >= 11 is 1.46. The van der Waals surface area contributed by atoms with Crippen LogP contribution in [0.15, 0.2) is 28.2 Å². The summed E-state index contributed by atoms with van der Waals surface area (Å²) in [5.74, 6) is -0.00970. The highest BCUT2D eigenvalue weighted by molar-refractivity contribution is 7.13. The fraction of sp³-hybridized carbons (Fsp3) is 0.429. The zero-order chi connectivity index (χ0) is 14.8. The lowest BCUT2D eigenvalue weighted by Gasteiger charge is -2.19. The summed E-state index contributed by atoms with van der Waals surface area (Å²) < 4.78 is 5.34. The normalized spacial score (nSPS) is 11.6. The van der Waals surface area contributed by atoms with Gasteiger partial charge in [0.25, 0.3) is 0 Å². The largest absolute Gasteiger partial charge is 0.481 e. The van der Waals surface area contributed by atoms with E-state index in [0.717, 1.165) is 17.4 Å². The molecule has 2 heterocycles. The van der Waals surface area contributed by atoms with Gasteiger partial charge in [0.15, 0.2) is 5.13 Å². The van der Waals surface area contributed by atoms with Crippen LogP contribution in [0.3, 0.4) is 0 Å². The monoisotopic (exact) mass is 294 g/mol. The van der Waals surface area contributed by atoms with E-state index in [1.165, 1.54) is 11.3 Å². The van der Waals surface area contributed by atoms with Crippen molar-refractivity contribution in [1.82, 2.24) is 4.98 Å². The van der Waals surface area contributed by atoms with Gasteiger partial charge in [0.2, 0.25) is 0 Å².